The van der Waals surface area contributed by atoms with Gasteiger partial charge in [-0.05, 0) is 44.9 Å². The van der Waals surface area contributed by atoms with Gasteiger partial charge in [0.25, 0.3) is 0 Å². The SMILES string of the molecule is CCCCCCCCC=CCC=CCC=CCCCC(=O)OC(COC(=O)CCCCCCCCCCCCCCCCC)COP(=O)(O)OCC(O)COP(=O)(O)O. The molecule has 0 spiro atoms. The van der Waals surface area contributed by atoms with Gasteiger partial charge in [0.1, 0.15) is 12.7 Å². The van der Waals surface area contributed by atoms with Crippen LogP contribution in [0.1, 0.15) is 194 Å². The number of aliphatic hydroxyl groups excluding tert-OH is 1. The Bertz CT molecular complexity index is 1190. The van der Waals surface area contributed by atoms with Crippen molar-refractivity contribution in [1.82, 2.24) is 0 Å². The predicted molar refractivity (Wildman–Crippen MR) is 235 cm³/mol. The minimum atomic E-state index is -4.87. The van der Waals surface area contributed by atoms with Crippen molar-refractivity contribution in [3.8, 4) is 0 Å². The number of hydrogen-bond acceptors (Lipinski definition) is 10. The van der Waals surface area contributed by atoms with E-state index in [2.05, 4.69) is 47.2 Å². The average molecular weight is 881 g/mol. The minimum absolute atomic E-state index is 0.0617. The van der Waals surface area contributed by atoms with Gasteiger partial charge in [0.15, 0.2) is 6.10 Å². The molecule has 0 heterocycles. The molecular weight excluding hydrogens is 798 g/mol. The van der Waals surface area contributed by atoms with Gasteiger partial charge in [0.2, 0.25) is 0 Å². The molecule has 0 aromatic rings. The van der Waals surface area contributed by atoms with Crippen molar-refractivity contribution in [3.05, 3.63) is 36.5 Å². The molecule has 0 rings (SSSR count). The Balaban J connectivity index is 4.57. The zero-order chi connectivity index (χ0) is 43.7. The lowest BCUT2D eigenvalue weighted by Crippen LogP contribution is -2.29. The standard InChI is InChI=1S/C44H82O13P2/c1-3-5-7-9-11-13-15-17-19-20-22-24-26-28-30-32-34-36-44(47)57-42(40-56-59(51,52)55-38-41(45)37-54-58(48,49)50)39-53-43(46)35-33-31-29-27-25-23-21-18-16-14-12-10-8-6-4-2/h17,19,22,24,28,30,41-42,45H,3-16,18,20-21,23,25-27,29,31-40H2,1-2H3,(H,51,52)(H2,48,49,50). The van der Waals surface area contributed by atoms with Crippen LogP contribution in [-0.2, 0) is 41.8 Å². The first-order chi connectivity index (χ1) is 28.4. The Hall–Kier alpha value is -1.66. The van der Waals surface area contributed by atoms with Crippen LogP contribution in [-0.4, -0.2) is 70.4 Å². The van der Waals surface area contributed by atoms with Gasteiger partial charge in [-0.15, -0.1) is 0 Å². The van der Waals surface area contributed by atoms with Crippen molar-refractivity contribution in [3.63, 3.8) is 0 Å². The van der Waals surface area contributed by atoms with E-state index in [1.165, 1.54) is 109 Å². The molecule has 4 N–H and O–H groups in total. The molecule has 0 saturated heterocycles. The van der Waals surface area contributed by atoms with Crippen molar-refractivity contribution in [1.29, 1.82) is 0 Å². The number of allylic oxidation sites excluding steroid dienone is 6. The molecule has 3 unspecified atom stereocenters. The van der Waals surface area contributed by atoms with Crippen molar-refractivity contribution in [2.75, 3.05) is 26.4 Å². The summed E-state index contributed by atoms with van der Waals surface area (Å²) in [5, 5.41) is 9.75. The van der Waals surface area contributed by atoms with Crippen LogP contribution >= 0.6 is 15.6 Å². The van der Waals surface area contributed by atoms with Gasteiger partial charge >= 0.3 is 27.6 Å². The molecule has 15 heteroatoms. The van der Waals surface area contributed by atoms with E-state index in [0.717, 1.165) is 38.5 Å². The monoisotopic (exact) mass is 881 g/mol. The van der Waals surface area contributed by atoms with Crippen LogP contribution in [0, 0.1) is 0 Å². The molecule has 0 radical (unpaired) electrons. The lowest BCUT2D eigenvalue weighted by molar-refractivity contribution is -0.161. The molecule has 0 aliphatic heterocycles. The number of carbonyl (C=O) groups is 2. The van der Waals surface area contributed by atoms with Gasteiger partial charge in [-0.2, -0.15) is 0 Å². The van der Waals surface area contributed by atoms with Crippen LogP contribution in [0.15, 0.2) is 36.5 Å². The van der Waals surface area contributed by atoms with Crippen LogP contribution in [0.2, 0.25) is 0 Å². The third kappa shape index (κ3) is 44.2. The highest BCUT2D eigenvalue weighted by Crippen LogP contribution is 2.43. The fourth-order valence-electron chi connectivity index (χ4n) is 6.07. The molecule has 0 aliphatic rings. The molecule has 0 saturated carbocycles. The fourth-order valence-corrected chi connectivity index (χ4v) is 7.23. The van der Waals surface area contributed by atoms with E-state index in [0.29, 0.717) is 19.3 Å². The summed E-state index contributed by atoms with van der Waals surface area (Å²) < 4.78 is 47.7. The molecule has 0 amide bonds. The van der Waals surface area contributed by atoms with Crippen LogP contribution < -0.4 is 0 Å². The molecular formula is C44H82O13P2. The van der Waals surface area contributed by atoms with Gasteiger partial charge in [-0.25, -0.2) is 9.13 Å². The molecule has 0 aromatic heterocycles. The van der Waals surface area contributed by atoms with Gasteiger partial charge in [-0.3, -0.25) is 23.2 Å². The molecule has 3 atom stereocenters. The Kier molecular flexibility index (Phi) is 39.3. The van der Waals surface area contributed by atoms with Crippen LogP contribution in [0.25, 0.3) is 0 Å². The maximum absolute atomic E-state index is 12.6. The number of unbranched alkanes of at least 4 members (excludes halogenated alkanes) is 21. The van der Waals surface area contributed by atoms with Crippen molar-refractivity contribution >= 4 is 27.6 Å². The zero-order valence-electron chi connectivity index (χ0n) is 36.6. The van der Waals surface area contributed by atoms with E-state index in [4.69, 9.17) is 23.8 Å². The molecule has 0 aliphatic carbocycles. The van der Waals surface area contributed by atoms with Gasteiger partial charge < -0.3 is 29.3 Å². The summed E-state index contributed by atoms with van der Waals surface area (Å²) in [5.41, 5.74) is 0. The summed E-state index contributed by atoms with van der Waals surface area (Å²) >= 11 is 0. The number of carbonyl (C=O) groups excluding carboxylic acids is 2. The predicted octanol–water partition coefficient (Wildman–Crippen LogP) is 11.7. The summed E-state index contributed by atoms with van der Waals surface area (Å²) in [6.07, 6.45) is 40.0. The number of esters is 2. The molecule has 0 bridgehead atoms. The first-order valence-corrected chi connectivity index (χ1v) is 25.7. The van der Waals surface area contributed by atoms with E-state index in [9.17, 15) is 28.7 Å². The maximum atomic E-state index is 12.6. The highest BCUT2D eigenvalue weighted by Gasteiger charge is 2.28. The van der Waals surface area contributed by atoms with E-state index < -0.39 is 66.2 Å². The highest BCUT2D eigenvalue weighted by atomic mass is 31.2. The number of rotatable bonds is 43. The second kappa shape index (κ2) is 40.4. The topological polar surface area (TPSA) is 195 Å². The third-order valence-corrected chi connectivity index (χ3v) is 11.0. The molecule has 13 nitrogen and oxygen atoms in total. The lowest BCUT2D eigenvalue weighted by Gasteiger charge is -2.20. The second-order valence-electron chi connectivity index (χ2n) is 15.3. The number of hydrogen-bond donors (Lipinski definition) is 4. The van der Waals surface area contributed by atoms with Crippen molar-refractivity contribution in [2.45, 2.75) is 206 Å². The van der Waals surface area contributed by atoms with Crippen LogP contribution in [0.4, 0.5) is 0 Å². The zero-order valence-corrected chi connectivity index (χ0v) is 38.4. The van der Waals surface area contributed by atoms with E-state index in [1.807, 2.05) is 12.2 Å². The van der Waals surface area contributed by atoms with Crippen molar-refractivity contribution in [2.24, 2.45) is 0 Å². The fraction of sp³-hybridized carbons (Fsp3) is 0.818. The number of phosphoric ester groups is 2. The average Bonchev–Trinajstić information content (AvgIpc) is 3.19. The molecule has 0 fully saturated rings. The highest BCUT2D eigenvalue weighted by molar-refractivity contribution is 7.47. The molecule has 346 valence electrons. The normalized spacial score (nSPS) is 14.3. The van der Waals surface area contributed by atoms with Crippen molar-refractivity contribution < 1.29 is 61.6 Å². The Morgan fingerprint density at radius 3 is 1.41 bits per heavy atom. The maximum Gasteiger partial charge on any atom is 0.472 e. The lowest BCUT2D eigenvalue weighted by atomic mass is 10.0. The second-order valence-corrected chi connectivity index (χ2v) is 18.0. The van der Waals surface area contributed by atoms with Gasteiger partial charge in [-0.1, -0.05) is 172 Å². The Morgan fingerprint density at radius 1 is 0.492 bits per heavy atom. The summed E-state index contributed by atoms with van der Waals surface area (Å²) in [7, 11) is -9.68. The summed E-state index contributed by atoms with van der Waals surface area (Å²) in [5.74, 6) is -1.09. The molecule has 59 heavy (non-hydrogen) atoms. The van der Waals surface area contributed by atoms with E-state index in [1.54, 1.807) is 0 Å². The summed E-state index contributed by atoms with van der Waals surface area (Å²) in [4.78, 5) is 52.7. The largest absolute Gasteiger partial charge is 0.472 e. The van der Waals surface area contributed by atoms with Gasteiger partial charge in [0.05, 0.1) is 19.8 Å². The Labute approximate surface area is 357 Å². The van der Waals surface area contributed by atoms with Gasteiger partial charge in [0, 0.05) is 12.8 Å². The first-order valence-electron chi connectivity index (χ1n) is 22.7. The summed E-state index contributed by atoms with van der Waals surface area (Å²) in [6, 6.07) is 0. The quantitative estimate of drug-likeness (QED) is 0.0196. The summed E-state index contributed by atoms with van der Waals surface area (Å²) in [6.45, 7) is 1.72. The van der Waals surface area contributed by atoms with E-state index >= 15 is 0 Å². The first kappa shape index (κ1) is 57.3. The van der Waals surface area contributed by atoms with Crippen LogP contribution in [0.5, 0.6) is 0 Å². The number of phosphoric acid groups is 2. The van der Waals surface area contributed by atoms with Crippen LogP contribution in [0.3, 0.4) is 0 Å². The number of aliphatic hydroxyl groups is 1. The Morgan fingerprint density at radius 2 is 0.898 bits per heavy atom. The minimum Gasteiger partial charge on any atom is -0.462 e. The van der Waals surface area contributed by atoms with E-state index in [-0.39, 0.29) is 12.8 Å². The number of ether oxygens (including phenoxy) is 2. The molecule has 0 aromatic carbocycles. The third-order valence-electron chi connectivity index (χ3n) is 9.52. The smallest absolute Gasteiger partial charge is 0.462 e.